The summed E-state index contributed by atoms with van der Waals surface area (Å²) in [6, 6.07) is 0. The Balaban J connectivity index is 2.22. The van der Waals surface area contributed by atoms with Crippen LogP contribution in [0.3, 0.4) is 0 Å². The van der Waals surface area contributed by atoms with Gasteiger partial charge in [-0.25, -0.2) is 9.97 Å². The molecule has 0 saturated carbocycles. The molecule has 7 heteroatoms. The van der Waals surface area contributed by atoms with Crippen molar-refractivity contribution in [2.45, 2.75) is 13.8 Å². The third kappa shape index (κ3) is 3.25. The number of nitrogens with zero attached hydrogens (tertiary/aromatic N) is 3. The largest absolute Gasteiger partial charge is 0.477 e. The fourth-order valence-electron chi connectivity index (χ4n) is 1.42. The third-order valence-electron chi connectivity index (χ3n) is 2.19. The van der Waals surface area contributed by atoms with Gasteiger partial charge in [0.1, 0.15) is 5.69 Å². The van der Waals surface area contributed by atoms with Crippen molar-refractivity contribution in [2.75, 3.05) is 13.2 Å². The van der Waals surface area contributed by atoms with Crippen molar-refractivity contribution < 1.29 is 9.53 Å². The molecule has 0 unspecified atom stereocenters. The van der Waals surface area contributed by atoms with E-state index in [1.165, 1.54) is 11.3 Å². The minimum absolute atomic E-state index is 0.173. The van der Waals surface area contributed by atoms with Crippen molar-refractivity contribution >= 4 is 17.2 Å². The smallest absolute Gasteiger partial charge is 0.280 e. The lowest BCUT2D eigenvalue weighted by Gasteiger charge is -2.02. The number of amides is 1. The summed E-state index contributed by atoms with van der Waals surface area (Å²) in [6.07, 6.45) is 4.80. The van der Waals surface area contributed by atoms with Gasteiger partial charge in [0.05, 0.1) is 23.9 Å². The molecule has 0 aromatic carbocycles. The van der Waals surface area contributed by atoms with Gasteiger partial charge in [-0.2, -0.15) is 0 Å². The van der Waals surface area contributed by atoms with Crippen LogP contribution in [0.1, 0.15) is 23.6 Å². The van der Waals surface area contributed by atoms with Crippen LogP contribution in [-0.2, 0) is 0 Å². The zero-order valence-corrected chi connectivity index (χ0v) is 11.5. The number of ether oxygens (including phenoxy) is 1. The van der Waals surface area contributed by atoms with E-state index in [2.05, 4.69) is 20.3 Å². The fourth-order valence-corrected chi connectivity index (χ4v) is 2.20. The molecular weight excluding hydrogens is 264 g/mol. The van der Waals surface area contributed by atoms with Crippen molar-refractivity contribution in [1.29, 1.82) is 0 Å². The average molecular weight is 278 g/mol. The maximum atomic E-state index is 11.6. The van der Waals surface area contributed by atoms with E-state index in [-0.39, 0.29) is 5.91 Å². The Morgan fingerprint density at radius 3 is 2.95 bits per heavy atom. The molecule has 2 heterocycles. The lowest BCUT2D eigenvalue weighted by atomic mass is 10.4. The normalized spacial score (nSPS) is 10.2. The highest BCUT2D eigenvalue weighted by Crippen LogP contribution is 2.25. The molecule has 2 rings (SSSR count). The van der Waals surface area contributed by atoms with Gasteiger partial charge in [0.2, 0.25) is 5.88 Å². The first-order chi connectivity index (χ1) is 9.24. The first-order valence-corrected chi connectivity index (χ1v) is 6.75. The number of hydrogen-bond donors (Lipinski definition) is 1. The average Bonchev–Trinajstić information content (AvgIpc) is 2.89. The van der Waals surface area contributed by atoms with Crippen LogP contribution in [0.4, 0.5) is 0 Å². The molecular formula is C12H14N4O2S. The summed E-state index contributed by atoms with van der Waals surface area (Å²) in [7, 11) is 0. The minimum Gasteiger partial charge on any atom is -0.477 e. The third-order valence-corrected chi connectivity index (χ3v) is 3.21. The Hall–Kier alpha value is -2.02. The number of aromatic nitrogens is 3. The standard InChI is InChI=1S/C12H14N4O2S/c1-3-14-11(17)12-15-6-9(19-12)8-5-13-7-10(16-8)18-4-2/h5-7H,3-4H2,1-2H3,(H,14,17). The monoisotopic (exact) mass is 278 g/mol. The van der Waals surface area contributed by atoms with Gasteiger partial charge in [-0.3, -0.25) is 9.78 Å². The van der Waals surface area contributed by atoms with Gasteiger partial charge in [0, 0.05) is 12.7 Å². The number of nitrogens with one attached hydrogen (secondary N) is 1. The molecule has 1 N–H and O–H groups in total. The number of carbonyl (C=O) groups excluding carboxylic acids is 1. The van der Waals surface area contributed by atoms with Crippen molar-refractivity contribution in [2.24, 2.45) is 0 Å². The maximum Gasteiger partial charge on any atom is 0.280 e. The second kappa shape index (κ2) is 6.24. The lowest BCUT2D eigenvalue weighted by molar-refractivity contribution is 0.0955. The van der Waals surface area contributed by atoms with E-state index in [4.69, 9.17) is 4.74 Å². The van der Waals surface area contributed by atoms with Crippen molar-refractivity contribution in [3.05, 3.63) is 23.6 Å². The lowest BCUT2D eigenvalue weighted by Crippen LogP contribution is -2.22. The summed E-state index contributed by atoms with van der Waals surface area (Å²) in [6.45, 7) is 4.86. The van der Waals surface area contributed by atoms with Crippen molar-refractivity contribution in [3.63, 3.8) is 0 Å². The molecule has 0 aliphatic carbocycles. The van der Waals surface area contributed by atoms with Gasteiger partial charge in [0.15, 0.2) is 5.01 Å². The molecule has 0 saturated heterocycles. The molecule has 19 heavy (non-hydrogen) atoms. The second-order valence-corrected chi connectivity index (χ2v) is 4.60. The van der Waals surface area contributed by atoms with E-state index in [0.717, 1.165) is 4.88 Å². The van der Waals surface area contributed by atoms with Crippen LogP contribution in [0.15, 0.2) is 18.6 Å². The molecule has 0 radical (unpaired) electrons. The van der Waals surface area contributed by atoms with Gasteiger partial charge in [-0.15, -0.1) is 11.3 Å². The van der Waals surface area contributed by atoms with E-state index in [9.17, 15) is 4.79 Å². The molecule has 100 valence electrons. The number of thiazole rings is 1. The summed E-state index contributed by atoms with van der Waals surface area (Å²) in [5.41, 5.74) is 0.652. The van der Waals surface area contributed by atoms with Gasteiger partial charge in [-0.1, -0.05) is 0 Å². The summed E-state index contributed by atoms with van der Waals surface area (Å²) in [4.78, 5) is 24.9. The number of hydrogen-bond acceptors (Lipinski definition) is 6. The Bertz CT molecular complexity index is 570. The predicted octanol–water partition coefficient (Wildman–Crippen LogP) is 1.75. The topological polar surface area (TPSA) is 77.0 Å². The Morgan fingerprint density at radius 2 is 2.21 bits per heavy atom. The Morgan fingerprint density at radius 1 is 1.37 bits per heavy atom. The zero-order chi connectivity index (χ0) is 13.7. The van der Waals surface area contributed by atoms with Gasteiger partial charge >= 0.3 is 0 Å². The van der Waals surface area contributed by atoms with Crippen LogP contribution in [0, 0.1) is 0 Å². The van der Waals surface area contributed by atoms with Crippen LogP contribution >= 0.6 is 11.3 Å². The quantitative estimate of drug-likeness (QED) is 0.901. The van der Waals surface area contributed by atoms with Gasteiger partial charge in [0.25, 0.3) is 5.91 Å². The zero-order valence-electron chi connectivity index (χ0n) is 10.7. The Kier molecular flexibility index (Phi) is 4.40. The van der Waals surface area contributed by atoms with E-state index >= 15 is 0 Å². The minimum atomic E-state index is -0.173. The SMILES string of the molecule is CCNC(=O)c1ncc(-c2cncc(OCC)n2)s1. The van der Waals surface area contributed by atoms with Crippen LogP contribution in [0.2, 0.25) is 0 Å². The molecule has 0 bridgehead atoms. The van der Waals surface area contributed by atoms with E-state index in [1.54, 1.807) is 18.6 Å². The van der Waals surface area contributed by atoms with E-state index in [1.807, 2.05) is 13.8 Å². The van der Waals surface area contributed by atoms with Crippen LogP contribution < -0.4 is 10.1 Å². The number of carbonyl (C=O) groups is 1. The summed E-state index contributed by atoms with van der Waals surface area (Å²) < 4.78 is 5.29. The molecule has 0 atom stereocenters. The molecule has 6 nitrogen and oxygen atoms in total. The van der Waals surface area contributed by atoms with E-state index in [0.29, 0.717) is 29.7 Å². The van der Waals surface area contributed by atoms with Gasteiger partial charge in [-0.05, 0) is 13.8 Å². The predicted molar refractivity (Wildman–Crippen MR) is 72.3 cm³/mol. The first kappa shape index (κ1) is 13.4. The molecule has 2 aromatic rings. The van der Waals surface area contributed by atoms with Gasteiger partial charge < -0.3 is 10.1 Å². The van der Waals surface area contributed by atoms with Crippen molar-refractivity contribution in [1.82, 2.24) is 20.3 Å². The van der Waals surface area contributed by atoms with E-state index < -0.39 is 0 Å². The van der Waals surface area contributed by atoms with Crippen LogP contribution in [0.5, 0.6) is 5.88 Å². The molecule has 2 aromatic heterocycles. The molecule has 1 amide bonds. The fraction of sp³-hybridized carbons (Fsp3) is 0.333. The summed E-state index contributed by atoms with van der Waals surface area (Å²) in [5.74, 6) is 0.292. The molecule has 0 fully saturated rings. The summed E-state index contributed by atoms with van der Waals surface area (Å²) >= 11 is 1.28. The highest BCUT2D eigenvalue weighted by atomic mass is 32.1. The highest BCUT2D eigenvalue weighted by Gasteiger charge is 2.12. The second-order valence-electron chi connectivity index (χ2n) is 3.56. The van der Waals surface area contributed by atoms with Crippen LogP contribution in [-0.4, -0.2) is 34.0 Å². The maximum absolute atomic E-state index is 11.6. The van der Waals surface area contributed by atoms with Crippen molar-refractivity contribution in [3.8, 4) is 16.5 Å². The number of rotatable bonds is 5. The highest BCUT2D eigenvalue weighted by molar-refractivity contribution is 7.16. The van der Waals surface area contributed by atoms with Crippen LogP contribution in [0.25, 0.3) is 10.6 Å². The molecule has 0 aliphatic rings. The Labute approximate surface area is 114 Å². The molecule has 0 spiro atoms. The first-order valence-electron chi connectivity index (χ1n) is 5.93. The summed E-state index contributed by atoms with van der Waals surface area (Å²) in [5, 5.41) is 3.12. The molecule has 0 aliphatic heterocycles.